The number of hydrogen-bond acceptors (Lipinski definition) is 3. The molecule has 1 heterocycles. The molecule has 1 aromatic carbocycles. The van der Waals surface area contributed by atoms with Crippen molar-refractivity contribution in [2.75, 3.05) is 18.0 Å². The molecule has 0 amide bonds. The minimum absolute atomic E-state index is 0.259. The molecule has 1 aromatic rings. The van der Waals surface area contributed by atoms with Crippen LogP contribution in [0.15, 0.2) is 18.2 Å². The zero-order valence-corrected chi connectivity index (χ0v) is 10.8. The molecule has 2 atom stereocenters. The van der Waals surface area contributed by atoms with Crippen LogP contribution in [-0.2, 0) is 6.54 Å². The van der Waals surface area contributed by atoms with E-state index in [4.69, 9.17) is 17.3 Å². The maximum Gasteiger partial charge on any atom is 0.0741 e. The Morgan fingerprint density at radius 2 is 2.29 bits per heavy atom. The molecule has 4 heteroatoms. The number of aliphatic hydroxyl groups excluding tert-OH is 1. The van der Waals surface area contributed by atoms with Gasteiger partial charge in [-0.1, -0.05) is 18.5 Å². The molecule has 1 aliphatic rings. The lowest BCUT2D eigenvalue weighted by Gasteiger charge is -2.36. The van der Waals surface area contributed by atoms with Gasteiger partial charge in [-0.15, -0.1) is 0 Å². The van der Waals surface area contributed by atoms with Gasteiger partial charge in [-0.05, 0) is 36.1 Å². The highest BCUT2D eigenvalue weighted by Gasteiger charge is 2.25. The Balaban J connectivity index is 2.22. The van der Waals surface area contributed by atoms with Crippen LogP contribution in [0, 0.1) is 5.92 Å². The van der Waals surface area contributed by atoms with Crippen LogP contribution in [0.4, 0.5) is 5.69 Å². The highest BCUT2D eigenvalue weighted by atomic mass is 35.5. The van der Waals surface area contributed by atoms with Crippen LogP contribution < -0.4 is 10.6 Å². The summed E-state index contributed by atoms with van der Waals surface area (Å²) in [5, 5.41) is 10.6. The average molecular weight is 255 g/mol. The van der Waals surface area contributed by atoms with E-state index in [9.17, 15) is 5.11 Å². The zero-order valence-electron chi connectivity index (χ0n) is 10.1. The van der Waals surface area contributed by atoms with Crippen LogP contribution in [0.1, 0.15) is 18.9 Å². The van der Waals surface area contributed by atoms with Crippen LogP contribution in [0.25, 0.3) is 0 Å². The highest BCUT2D eigenvalue weighted by molar-refractivity contribution is 6.30. The largest absolute Gasteiger partial charge is 0.391 e. The standard InChI is InChI=1S/C13H19ClN2O/c1-9-4-5-16(8-13(9)17)12-3-2-11(14)6-10(12)7-15/h2-3,6,9,13,17H,4-5,7-8,15H2,1H3. The first kappa shape index (κ1) is 12.7. The first-order valence-corrected chi connectivity index (χ1v) is 6.41. The minimum Gasteiger partial charge on any atom is -0.391 e. The number of rotatable bonds is 2. The third kappa shape index (κ3) is 2.73. The van der Waals surface area contributed by atoms with Crippen molar-refractivity contribution >= 4 is 17.3 Å². The predicted molar refractivity (Wildman–Crippen MR) is 71.3 cm³/mol. The van der Waals surface area contributed by atoms with E-state index in [1.807, 2.05) is 18.2 Å². The number of hydrogen-bond donors (Lipinski definition) is 2. The number of nitrogens with zero attached hydrogens (tertiary/aromatic N) is 1. The summed E-state index contributed by atoms with van der Waals surface area (Å²) in [6.07, 6.45) is 0.749. The van der Waals surface area contributed by atoms with Crippen molar-refractivity contribution in [3.05, 3.63) is 28.8 Å². The second-order valence-electron chi connectivity index (χ2n) is 4.76. The van der Waals surface area contributed by atoms with Gasteiger partial charge < -0.3 is 15.7 Å². The number of β-amino-alcohol motifs (C(OH)–C–C–N with tert-alkyl or cyclic N) is 1. The zero-order chi connectivity index (χ0) is 12.4. The topological polar surface area (TPSA) is 49.5 Å². The summed E-state index contributed by atoms with van der Waals surface area (Å²) in [6.45, 7) is 4.20. The van der Waals surface area contributed by atoms with E-state index in [0.717, 1.165) is 24.2 Å². The molecule has 0 spiro atoms. The van der Waals surface area contributed by atoms with Gasteiger partial charge in [0.15, 0.2) is 0 Å². The summed E-state index contributed by atoms with van der Waals surface area (Å²) in [6, 6.07) is 5.77. The first-order chi connectivity index (χ1) is 8.11. The van der Waals surface area contributed by atoms with Crippen molar-refractivity contribution in [1.82, 2.24) is 0 Å². The molecule has 3 N–H and O–H groups in total. The van der Waals surface area contributed by atoms with Crippen molar-refractivity contribution in [3.63, 3.8) is 0 Å². The third-order valence-corrected chi connectivity index (χ3v) is 3.76. The maximum absolute atomic E-state index is 9.93. The van der Waals surface area contributed by atoms with Gasteiger partial charge in [-0.2, -0.15) is 0 Å². The number of nitrogens with two attached hydrogens (primary N) is 1. The number of halogens is 1. The molecule has 0 saturated carbocycles. The van der Waals surface area contributed by atoms with Crippen LogP contribution >= 0.6 is 11.6 Å². The molecule has 1 fully saturated rings. The Bertz CT molecular complexity index is 397. The highest BCUT2D eigenvalue weighted by Crippen LogP contribution is 2.28. The first-order valence-electron chi connectivity index (χ1n) is 6.03. The van der Waals surface area contributed by atoms with E-state index in [1.165, 1.54) is 0 Å². The number of benzene rings is 1. The van der Waals surface area contributed by atoms with Gasteiger partial charge in [-0.25, -0.2) is 0 Å². The Labute approximate surface area is 107 Å². The van der Waals surface area contributed by atoms with E-state index in [1.54, 1.807) is 0 Å². The molecule has 1 saturated heterocycles. The lowest BCUT2D eigenvalue weighted by atomic mass is 9.95. The Kier molecular flexibility index (Phi) is 3.92. The average Bonchev–Trinajstić information content (AvgIpc) is 2.32. The summed E-state index contributed by atoms with van der Waals surface area (Å²) in [7, 11) is 0. The molecule has 0 aromatic heterocycles. The lowest BCUT2D eigenvalue weighted by Crippen LogP contribution is -2.43. The van der Waals surface area contributed by atoms with E-state index in [0.29, 0.717) is 24.0 Å². The second kappa shape index (κ2) is 5.25. The van der Waals surface area contributed by atoms with Crippen molar-refractivity contribution in [2.45, 2.75) is 26.0 Å². The molecule has 3 nitrogen and oxygen atoms in total. The van der Waals surface area contributed by atoms with Gasteiger partial charge in [0.2, 0.25) is 0 Å². The smallest absolute Gasteiger partial charge is 0.0741 e. The molecule has 2 unspecified atom stereocenters. The molecular formula is C13H19ClN2O. The Morgan fingerprint density at radius 1 is 1.53 bits per heavy atom. The van der Waals surface area contributed by atoms with Gasteiger partial charge in [0.05, 0.1) is 6.10 Å². The molecule has 0 radical (unpaired) electrons. The third-order valence-electron chi connectivity index (χ3n) is 3.52. The molecule has 17 heavy (non-hydrogen) atoms. The van der Waals surface area contributed by atoms with E-state index in [-0.39, 0.29) is 6.10 Å². The van der Waals surface area contributed by atoms with Crippen molar-refractivity contribution in [1.29, 1.82) is 0 Å². The summed E-state index contributed by atoms with van der Waals surface area (Å²) in [4.78, 5) is 2.20. The van der Waals surface area contributed by atoms with Crippen LogP contribution in [0.3, 0.4) is 0 Å². The van der Waals surface area contributed by atoms with Gasteiger partial charge in [0.25, 0.3) is 0 Å². The van der Waals surface area contributed by atoms with E-state index < -0.39 is 0 Å². The van der Waals surface area contributed by atoms with Crippen molar-refractivity contribution < 1.29 is 5.11 Å². The number of piperidine rings is 1. The Hall–Kier alpha value is -0.770. The lowest BCUT2D eigenvalue weighted by molar-refractivity contribution is 0.103. The fraction of sp³-hybridized carbons (Fsp3) is 0.538. The SMILES string of the molecule is CC1CCN(c2ccc(Cl)cc2CN)CC1O. The molecule has 0 aliphatic carbocycles. The van der Waals surface area contributed by atoms with Crippen LogP contribution in [0.2, 0.25) is 5.02 Å². The fourth-order valence-corrected chi connectivity index (χ4v) is 2.49. The van der Waals surface area contributed by atoms with Crippen molar-refractivity contribution in [2.24, 2.45) is 11.7 Å². The number of anilines is 1. The van der Waals surface area contributed by atoms with Gasteiger partial charge >= 0.3 is 0 Å². The predicted octanol–water partition coefficient (Wildman–Crippen LogP) is 2.01. The van der Waals surface area contributed by atoms with Crippen LogP contribution in [0.5, 0.6) is 0 Å². The summed E-state index contributed by atoms with van der Waals surface area (Å²) in [5.74, 6) is 0.375. The summed E-state index contributed by atoms with van der Waals surface area (Å²) in [5.41, 5.74) is 7.88. The molecule has 2 rings (SSSR count). The molecule has 1 aliphatic heterocycles. The van der Waals surface area contributed by atoms with Crippen molar-refractivity contribution in [3.8, 4) is 0 Å². The normalized spacial score (nSPS) is 25.1. The number of aliphatic hydroxyl groups is 1. The monoisotopic (exact) mass is 254 g/mol. The van der Waals surface area contributed by atoms with Gasteiger partial charge in [-0.3, -0.25) is 0 Å². The molecular weight excluding hydrogens is 236 g/mol. The quantitative estimate of drug-likeness (QED) is 0.849. The second-order valence-corrected chi connectivity index (χ2v) is 5.19. The van der Waals surface area contributed by atoms with E-state index >= 15 is 0 Å². The van der Waals surface area contributed by atoms with Gasteiger partial charge in [0, 0.05) is 30.3 Å². The summed E-state index contributed by atoms with van der Waals surface area (Å²) >= 11 is 5.96. The fourth-order valence-electron chi connectivity index (χ4n) is 2.29. The minimum atomic E-state index is -0.259. The molecule has 94 valence electrons. The maximum atomic E-state index is 9.93. The summed E-state index contributed by atoms with van der Waals surface area (Å²) < 4.78 is 0. The van der Waals surface area contributed by atoms with Gasteiger partial charge in [0.1, 0.15) is 0 Å². The Morgan fingerprint density at radius 3 is 2.94 bits per heavy atom. The molecule has 0 bridgehead atoms. The van der Waals surface area contributed by atoms with Crippen LogP contribution in [-0.4, -0.2) is 24.3 Å². The van der Waals surface area contributed by atoms with E-state index in [2.05, 4.69) is 11.8 Å².